The zero-order chi connectivity index (χ0) is 17.5. The van der Waals surface area contributed by atoms with Crippen molar-refractivity contribution < 1.29 is 18.6 Å². The lowest BCUT2D eigenvalue weighted by Gasteiger charge is -2.11. The summed E-state index contributed by atoms with van der Waals surface area (Å²) in [5.41, 5.74) is 1.87. The first-order valence-corrected chi connectivity index (χ1v) is 9.50. The van der Waals surface area contributed by atoms with Crippen LogP contribution in [0.15, 0.2) is 53.4 Å². The molecule has 1 aliphatic carbocycles. The highest BCUT2D eigenvalue weighted by Gasteiger charge is 2.70. The van der Waals surface area contributed by atoms with Gasteiger partial charge in [0, 0.05) is 11.3 Å². The van der Waals surface area contributed by atoms with Gasteiger partial charge in [0.1, 0.15) is 0 Å². The van der Waals surface area contributed by atoms with Crippen LogP contribution < -0.4 is 0 Å². The average molecular weight is 346 g/mol. The normalized spacial score (nSPS) is 22.3. The van der Waals surface area contributed by atoms with Crippen molar-refractivity contribution in [3.63, 3.8) is 0 Å². The number of aliphatic hydroxyl groups is 2. The third-order valence-corrected chi connectivity index (χ3v) is 7.43. The summed E-state index contributed by atoms with van der Waals surface area (Å²) in [6.45, 7) is 3.13. The van der Waals surface area contributed by atoms with Crippen LogP contribution in [0.3, 0.4) is 0 Å². The second-order valence-corrected chi connectivity index (χ2v) is 8.79. The number of aryl methyl sites for hydroxylation is 2. The molecule has 2 atom stereocenters. The Balaban J connectivity index is 2.04. The quantitative estimate of drug-likeness (QED) is 0.870. The summed E-state index contributed by atoms with van der Waals surface area (Å²) in [5.74, 6) is -0.403. The minimum atomic E-state index is -3.64. The first kappa shape index (κ1) is 17.1. The number of rotatable bonds is 5. The van der Waals surface area contributed by atoms with E-state index in [-0.39, 0.29) is 18.1 Å². The van der Waals surface area contributed by atoms with Gasteiger partial charge in [-0.2, -0.15) is 0 Å². The van der Waals surface area contributed by atoms with Crippen molar-refractivity contribution in [2.45, 2.75) is 29.9 Å². The lowest BCUT2D eigenvalue weighted by molar-refractivity contribution is 0.130. The minimum Gasteiger partial charge on any atom is -0.396 e. The number of benzene rings is 2. The molecule has 0 saturated heterocycles. The number of hydrogen-bond donors (Lipinski definition) is 2. The van der Waals surface area contributed by atoms with Crippen LogP contribution in [0.25, 0.3) is 0 Å². The largest absolute Gasteiger partial charge is 0.396 e. The Hall–Kier alpha value is -1.69. The summed E-state index contributed by atoms with van der Waals surface area (Å²) in [6.07, 6.45) is 0. The molecule has 0 heterocycles. The van der Waals surface area contributed by atoms with Crippen LogP contribution in [-0.2, 0) is 9.84 Å². The smallest absolute Gasteiger partial charge is 0.182 e. The molecule has 0 amide bonds. The van der Waals surface area contributed by atoms with E-state index < -0.39 is 26.4 Å². The van der Waals surface area contributed by atoms with Crippen LogP contribution in [0, 0.1) is 19.3 Å². The molecule has 2 aromatic rings. The van der Waals surface area contributed by atoms with Gasteiger partial charge in [-0.15, -0.1) is 0 Å². The van der Waals surface area contributed by atoms with Crippen molar-refractivity contribution in [2.24, 2.45) is 5.41 Å². The van der Waals surface area contributed by atoms with Gasteiger partial charge in [-0.05, 0) is 31.5 Å². The number of aliphatic hydroxyl groups excluding tert-OH is 2. The molecule has 1 aliphatic rings. The maximum absolute atomic E-state index is 13.1. The van der Waals surface area contributed by atoms with Crippen LogP contribution in [0.4, 0.5) is 0 Å². The summed E-state index contributed by atoms with van der Waals surface area (Å²) < 4.78 is 26.1. The van der Waals surface area contributed by atoms with E-state index in [0.29, 0.717) is 0 Å². The second-order valence-electron chi connectivity index (χ2n) is 6.72. The summed E-state index contributed by atoms with van der Waals surface area (Å²) in [6, 6.07) is 14.3. The second kappa shape index (κ2) is 5.99. The monoisotopic (exact) mass is 346 g/mol. The highest BCUT2D eigenvalue weighted by molar-refractivity contribution is 7.92. The van der Waals surface area contributed by atoms with Crippen molar-refractivity contribution in [1.29, 1.82) is 0 Å². The van der Waals surface area contributed by atoms with Crippen molar-refractivity contribution in [3.8, 4) is 0 Å². The molecule has 0 aliphatic heterocycles. The van der Waals surface area contributed by atoms with Crippen molar-refractivity contribution in [3.05, 3.63) is 65.2 Å². The molecule has 1 saturated carbocycles. The SMILES string of the molecule is Cc1ccc([C@H]2[C@H](S(=O)(=O)c3ccc(C)cc3)C2(CO)CO)cc1. The van der Waals surface area contributed by atoms with Crippen molar-refractivity contribution in [2.75, 3.05) is 13.2 Å². The zero-order valence-corrected chi connectivity index (χ0v) is 14.6. The predicted octanol–water partition coefficient (Wildman–Crippen LogP) is 2.21. The molecule has 4 nitrogen and oxygen atoms in total. The summed E-state index contributed by atoms with van der Waals surface area (Å²) in [4.78, 5) is 0.235. The Morgan fingerprint density at radius 1 is 0.875 bits per heavy atom. The van der Waals surface area contributed by atoms with Gasteiger partial charge in [-0.1, -0.05) is 47.5 Å². The van der Waals surface area contributed by atoms with Crippen molar-refractivity contribution >= 4 is 9.84 Å². The van der Waals surface area contributed by atoms with E-state index in [1.54, 1.807) is 24.3 Å². The fourth-order valence-corrected chi connectivity index (χ4v) is 5.95. The van der Waals surface area contributed by atoms with Crippen LogP contribution in [0.1, 0.15) is 22.6 Å². The van der Waals surface area contributed by atoms with Gasteiger partial charge >= 0.3 is 0 Å². The van der Waals surface area contributed by atoms with E-state index in [1.807, 2.05) is 38.1 Å². The first-order chi connectivity index (χ1) is 11.4. The van der Waals surface area contributed by atoms with Crippen molar-refractivity contribution in [1.82, 2.24) is 0 Å². The van der Waals surface area contributed by atoms with Crippen LogP contribution >= 0.6 is 0 Å². The maximum Gasteiger partial charge on any atom is 0.182 e. The molecule has 0 aromatic heterocycles. The molecule has 3 rings (SSSR count). The van der Waals surface area contributed by atoms with E-state index in [0.717, 1.165) is 16.7 Å². The van der Waals surface area contributed by atoms with Gasteiger partial charge < -0.3 is 10.2 Å². The Morgan fingerprint density at radius 2 is 1.33 bits per heavy atom. The van der Waals surface area contributed by atoms with Gasteiger partial charge in [0.25, 0.3) is 0 Å². The molecule has 0 spiro atoms. The van der Waals surface area contributed by atoms with Crippen LogP contribution in [-0.4, -0.2) is 37.1 Å². The highest BCUT2D eigenvalue weighted by atomic mass is 32.2. The standard InChI is InChI=1S/C19H22O4S/c1-13-3-7-15(8-4-13)17-18(19(17,11-20)12-21)24(22,23)16-9-5-14(2)6-10-16/h3-10,17-18,20-21H,11-12H2,1-2H3/t17-,18-/m0/s1. The van der Waals surface area contributed by atoms with Gasteiger partial charge in [0.15, 0.2) is 9.84 Å². The Labute approximate surface area is 142 Å². The molecular weight excluding hydrogens is 324 g/mol. The van der Waals surface area contributed by atoms with E-state index in [9.17, 15) is 18.6 Å². The third-order valence-electron chi connectivity index (χ3n) is 5.09. The van der Waals surface area contributed by atoms with E-state index in [1.165, 1.54) is 0 Å². The van der Waals surface area contributed by atoms with Gasteiger partial charge in [0.2, 0.25) is 0 Å². The molecule has 0 bridgehead atoms. The third kappa shape index (κ3) is 2.57. The lowest BCUT2D eigenvalue weighted by atomic mass is 10.00. The first-order valence-electron chi connectivity index (χ1n) is 7.95. The van der Waals surface area contributed by atoms with E-state index in [2.05, 4.69) is 0 Å². The molecule has 2 aromatic carbocycles. The van der Waals surface area contributed by atoms with Crippen LogP contribution in [0.2, 0.25) is 0 Å². The molecule has 1 fully saturated rings. The van der Waals surface area contributed by atoms with Gasteiger partial charge in [0.05, 0.1) is 23.4 Å². The number of sulfone groups is 1. The van der Waals surface area contributed by atoms with Gasteiger partial charge in [-0.3, -0.25) is 0 Å². The fourth-order valence-electron chi connectivity index (χ4n) is 3.52. The molecule has 24 heavy (non-hydrogen) atoms. The fraction of sp³-hybridized carbons (Fsp3) is 0.368. The minimum absolute atomic E-state index is 0.235. The summed E-state index contributed by atoms with van der Waals surface area (Å²) in [7, 11) is -3.64. The topological polar surface area (TPSA) is 74.6 Å². The van der Waals surface area contributed by atoms with Crippen LogP contribution in [0.5, 0.6) is 0 Å². The maximum atomic E-state index is 13.1. The zero-order valence-electron chi connectivity index (χ0n) is 13.8. The highest BCUT2D eigenvalue weighted by Crippen LogP contribution is 2.63. The molecular formula is C19H22O4S. The molecule has 2 N–H and O–H groups in total. The molecule has 0 radical (unpaired) electrons. The van der Waals surface area contributed by atoms with E-state index >= 15 is 0 Å². The molecule has 0 unspecified atom stereocenters. The lowest BCUT2D eigenvalue weighted by Crippen LogP contribution is -2.23. The summed E-state index contributed by atoms with van der Waals surface area (Å²) >= 11 is 0. The number of hydrogen-bond acceptors (Lipinski definition) is 4. The Bertz CT molecular complexity index is 819. The van der Waals surface area contributed by atoms with E-state index in [4.69, 9.17) is 0 Å². The molecule has 5 heteroatoms. The Morgan fingerprint density at radius 3 is 1.79 bits per heavy atom. The van der Waals surface area contributed by atoms with Gasteiger partial charge in [-0.25, -0.2) is 8.42 Å². The predicted molar refractivity (Wildman–Crippen MR) is 92.7 cm³/mol. The summed E-state index contributed by atoms with van der Waals surface area (Å²) in [5, 5.41) is 18.9. The Kier molecular flexibility index (Phi) is 4.28. The average Bonchev–Trinajstić information content (AvgIpc) is 3.26. The molecule has 128 valence electrons.